The summed E-state index contributed by atoms with van der Waals surface area (Å²) < 4.78 is 6.29. The van der Waals surface area contributed by atoms with Crippen LogP contribution in [0.4, 0.5) is 5.69 Å². The van der Waals surface area contributed by atoms with E-state index in [1.807, 2.05) is 17.0 Å². The van der Waals surface area contributed by atoms with Crippen molar-refractivity contribution in [3.63, 3.8) is 0 Å². The topological polar surface area (TPSA) is 101 Å². The molecule has 0 saturated carbocycles. The van der Waals surface area contributed by atoms with Crippen LogP contribution in [0.3, 0.4) is 0 Å². The Labute approximate surface area is 181 Å². The van der Waals surface area contributed by atoms with E-state index in [4.69, 9.17) is 4.52 Å². The van der Waals surface area contributed by atoms with Crippen molar-refractivity contribution >= 4 is 33.4 Å². The summed E-state index contributed by atoms with van der Waals surface area (Å²) >= 11 is 3.36. The van der Waals surface area contributed by atoms with Gasteiger partial charge in [-0.1, -0.05) is 5.16 Å². The average Bonchev–Trinajstić information content (AvgIpc) is 3.24. The molecule has 2 aromatic heterocycles. The molecule has 1 atom stereocenters. The van der Waals surface area contributed by atoms with Gasteiger partial charge in [-0.05, 0) is 59.1 Å². The molecule has 0 radical (unpaired) electrons. The van der Waals surface area contributed by atoms with Crippen molar-refractivity contribution in [1.82, 2.24) is 20.0 Å². The first-order chi connectivity index (χ1) is 14.5. The molecule has 1 aliphatic rings. The fourth-order valence-corrected chi connectivity index (χ4v) is 3.86. The molecule has 1 N–H and O–H groups in total. The number of aromatic nitrogens is 3. The number of rotatable bonds is 4. The van der Waals surface area contributed by atoms with Crippen LogP contribution in [0.1, 0.15) is 41.9 Å². The minimum atomic E-state index is -0.125. The quantitative estimate of drug-likeness (QED) is 0.621. The van der Waals surface area contributed by atoms with Crippen molar-refractivity contribution in [2.75, 3.05) is 18.4 Å². The molecule has 4 rings (SSSR count). The molecule has 0 aliphatic carbocycles. The number of hydrogen-bond acceptors (Lipinski definition) is 6. The lowest BCUT2D eigenvalue weighted by atomic mass is 9.97. The van der Waals surface area contributed by atoms with Crippen LogP contribution in [-0.2, 0) is 4.79 Å². The Morgan fingerprint density at radius 3 is 2.77 bits per heavy atom. The van der Waals surface area contributed by atoms with Crippen LogP contribution in [0.2, 0.25) is 0 Å². The van der Waals surface area contributed by atoms with Crippen molar-refractivity contribution in [2.24, 2.45) is 0 Å². The molecule has 1 fully saturated rings. The Hall–Kier alpha value is -3.07. The first kappa shape index (κ1) is 20.2. The number of carbonyl (C=O) groups excluding carboxylic acids is 2. The third-order valence-corrected chi connectivity index (χ3v) is 5.35. The summed E-state index contributed by atoms with van der Waals surface area (Å²) in [7, 11) is 0. The molecular weight excluding hydrogens is 450 g/mol. The van der Waals surface area contributed by atoms with E-state index in [-0.39, 0.29) is 17.7 Å². The van der Waals surface area contributed by atoms with Crippen LogP contribution in [-0.4, -0.2) is 44.9 Å². The molecule has 154 valence electrons. The van der Waals surface area contributed by atoms with E-state index in [1.165, 1.54) is 6.92 Å². The summed E-state index contributed by atoms with van der Waals surface area (Å²) in [6.07, 6.45) is 4.97. The molecule has 2 amide bonds. The predicted molar refractivity (Wildman–Crippen MR) is 114 cm³/mol. The highest BCUT2D eigenvalue weighted by Crippen LogP contribution is 2.29. The molecule has 30 heavy (non-hydrogen) atoms. The van der Waals surface area contributed by atoms with E-state index in [9.17, 15) is 9.59 Å². The molecule has 8 nitrogen and oxygen atoms in total. The molecular formula is C21H20BrN5O3. The summed E-state index contributed by atoms with van der Waals surface area (Å²) in [6.45, 7) is 2.67. The van der Waals surface area contributed by atoms with Crippen molar-refractivity contribution in [3.8, 4) is 11.4 Å². The van der Waals surface area contributed by atoms with Gasteiger partial charge in [-0.3, -0.25) is 14.6 Å². The van der Waals surface area contributed by atoms with Crippen molar-refractivity contribution < 1.29 is 14.1 Å². The Bertz CT molecular complexity index is 1070. The molecule has 1 saturated heterocycles. The van der Waals surface area contributed by atoms with Crippen LogP contribution in [0.25, 0.3) is 11.4 Å². The third-order valence-electron chi connectivity index (χ3n) is 4.91. The zero-order valence-corrected chi connectivity index (χ0v) is 17.9. The average molecular weight is 470 g/mol. The van der Waals surface area contributed by atoms with Gasteiger partial charge < -0.3 is 14.7 Å². The Morgan fingerprint density at radius 1 is 1.23 bits per heavy atom. The van der Waals surface area contributed by atoms with Gasteiger partial charge in [0.25, 0.3) is 5.91 Å². The van der Waals surface area contributed by atoms with Crippen LogP contribution < -0.4 is 5.32 Å². The standard InChI is InChI=1S/C21H20BrN5O3/c1-13(28)24-18-6-4-14(5-7-18)19-25-20(30-26-19)15-3-2-8-27(12-15)21(29)16-9-17(22)11-23-10-16/h4-7,9-11,15H,2-3,8,12H2,1H3,(H,24,28). The highest BCUT2D eigenvalue weighted by molar-refractivity contribution is 9.10. The third kappa shape index (κ3) is 4.56. The maximum atomic E-state index is 12.8. The smallest absolute Gasteiger partial charge is 0.255 e. The minimum Gasteiger partial charge on any atom is -0.339 e. The van der Waals surface area contributed by atoms with Crippen molar-refractivity contribution in [1.29, 1.82) is 0 Å². The summed E-state index contributed by atoms with van der Waals surface area (Å²) in [5.74, 6) is 0.823. The first-order valence-electron chi connectivity index (χ1n) is 9.61. The minimum absolute atomic E-state index is 0.0114. The summed E-state index contributed by atoms with van der Waals surface area (Å²) in [5, 5.41) is 6.82. The number of halogens is 1. The molecule has 1 aliphatic heterocycles. The highest BCUT2D eigenvalue weighted by atomic mass is 79.9. The summed E-state index contributed by atoms with van der Waals surface area (Å²) in [4.78, 5) is 34.4. The zero-order valence-electron chi connectivity index (χ0n) is 16.3. The van der Waals surface area contributed by atoms with E-state index in [0.717, 1.165) is 22.9 Å². The van der Waals surface area contributed by atoms with Gasteiger partial charge in [0.05, 0.1) is 11.5 Å². The van der Waals surface area contributed by atoms with Crippen LogP contribution in [0, 0.1) is 0 Å². The summed E-state index contributed by atoms with van der Waals surface area (Å²) in [5.41, 5.74) is 2.05. The van der Waals surface area contributed by atoms with Crippen molar-refractivity contribution in [3.05, 3.63) is 58.7 Å². The molecule has 0 bridgehead atoms. The van der Waals surface area contributed by atoms with Gasteiger partial charge in [0.2, 0.25) is 17.6 Å². The van der Waals surface area contributed by atoms with Gasteiger partial charge in [-0.25, -0.2) is 0 Å². The van der Waals surface area contributed by atoms with E-state index < -0.39 is 0 Å². The lowest BCUT2D eigenvalue weighted by molar-refractivity contribution is -0.114. The highest BCUT2D eigenvalue weighted by Gasteiger charge is 2.29. The Kier molecular flexibility index (Phi) is 5.89. The van der Waals surface area contributed by atoms with Gasteiger partial charge >= 0.3 is 0 Å². The molecule has 1 aromatic carbocycles. The largest absolute Gasteiger partial charge is 0.339 e. The van der Waals surface area contributed by atoms with Crippen LogP contribution in [0.5, 0.6) is 0 Å². The van der Waals surface area contributed by atoms with Gasteiger partial charge in [-0.2, -0.15) is 4.98 Å². The van der Waals surface area contributed by atoms with Gasteiger partial charge in [0, 0.05) is 48.1 Å². The lowest BCUT2D eigenvalue weighted by Gasteiger charge is -2.31. The summed E-state index contributed by atoms with van der Waals surface area (Å²) in [6, 6.07) is 9.02. The number of carbonyl (C=O) groups is 2. The number of piperidine rings is 1. The van der Waals surface area contributed by atoms with E-state index in [2.05, 4.69) is 36.4 Å². The molecule has 9 heteroatoms. The maximum absolute atomic E-state index is 12.8. The number of anilines is 1. The van der Waals surface area contributed by atoms with Crippen LogP contribution in [0.15, 0.2) is 51.7 Å². The van der Waals surface area contributed by atoms with Gasteiger partial charge in [-0.15, -0.1) is 0 Å². The van der Waals surface area contributed by atoms with Crippen molar-refractivity contribution in [2.45, 2.75) is 25.7 Å². The SMILES string of the molecule is CC(=O)Nc1ccc(-c2noc(C3CCCN(C(=O)c4cncc(Br)c4)C3)n2)cc1. The second kappa shape index (κ2) is 8.74. The number of amides is 2. The van der Waals surface area contributed by atoms with Gasteiger partial charge in [0.15, 0.2) is 0 Å². The number of hydrogen-bond donors (Lipinski definition) is 1. The Balaban J connectivity index is 1.46. The second-order valence-electron chi connectivity index (χ2n) is 7.20. The molecule has 3 aromatic rings. The normalized spacial score (nSPS) is 16.3. The number of likely N-dealkylation sites (tertiary alicyclic amines) is 1. The van der Waals surface area contributed by atoms with Crippen LogP contribution >= 0.6 is 15.9 Å². The second-order valence-corrected chi connectivity index (χ2v) is 8.11. The molecule has 0 spiro atoms. The van der Waals surface area contributed by atoms with Gasteiger partial charge in [0.1, 0.15) is 0 Å². The monoisotopic (exact) mass is 469 g/mol. The predicted octanol–water partition coefficient (Wildman–Crippen LogP) is 3.87. The fourth-order valence-electron chi connectivity index (χ4n) is 3.50. The van der Waals surface area contributed by atoms with E-state index in [0.29, 0.717) is 36.1 Å². The number of nitrogens with one attached hydrogen (secondary N) is 1. The maximum Gasteiger partial charge on any atom is 0.255 e. The Morgan fingerprint density at radius 2 is 2.03 bits per heavy atom. The number of benzene rings is 1. The lowest BCUT2D eigenvalue weighted by Crippen LogP contribution is -2.39. The van der Waals surface area contributed by atoms with E-state index >= 15 is 0 Å². The first-order valence-corrected chi connectivity index (χ1v) is 10.4. The molecule has 3 heterocycles. The fraction of sp³-hybridized carbons (Fsp3) is 0.286. The number of nitrogens with zero attached hydrogens (tertiary/aromatic N) is 4. The zero-order chi connectivity index (χ0) is 21.1. The molecule has 1 unspecified atom stereocenters. The number of pyridine rings is 1. The van der Waals surface area contributed by atoms with E-state index in [1.54, 1.807) is 30.6 Å².